The molecule has 1 nitrogen and oxygen atoms in total. The summed E-state index contributed by atoms with van der Waals surface area (Å²) in [5.74, 6) is 0. The third-order valence-electron chi connectivity index (χ3n) is 3.47. The van der Waals surface area contributed by atoms with Gasteiger partial charge in [0.25, 0.3) is 0 Å². The van der Waals surface area contributed by atoms with Crippen LogP contribution in [0.2, 0.25) is 0 Å². The molecule has 1 heteroatoms. The molecule has 0 aliphatic carbocycles. The fourth-order valence-corrected chi connectivity index (χ4v) is 2.22. The first-order valence-electron chi connectivity index (χ1n) is 5.93. The van der Waals surface area contributed by atoms with Crippen molar-refractivity contribution in [2.75, 3.05) is 0 Å². The molecule has 0 radical (unpaired) electrons. The molecule has 1 saturated heterocycles. The van der Waals surface area contributed by atoms with Crippen LogP contribution < -0.4 is 0 Å². The smallest absolute Gasteiger partial charge is 0.0829 e. The first kappa shape index (κ1) is 10.7. The number of rotatable bonds is 2. The Morgan fingerprint density at radius 3 is 2.60 bits per heavy atom. The van der Waals surface area contributed by atoms with Gasteiger partial charge in [-0.05, 0) is 49.8 Å². The van der Waals surface area contributed by atoms with Gasteiger partial charge in [0.2, 0.25) is 0 Å². The Morgan fingerprint density at radius 2 is 2.00 bits per heavy atom. The van der Waals surface area contributed by atoms with Gasteiger partial charge in [0.1, 0.15) is 0 Å². The zero-order valence-corrected chi connectivity index (χ0v) is 9.92. The highest BCUT2D eigenvalue weighted by atomic mass is 16.5. The van der Waals surface area contributed by atoms with Gasteiger partial charge in [0.05, 0.1) is 12.2 Å². The second-order valence-electron chi connectivity index (χ2n) is 4.58. The Balaban J connectivity index is 2.13. The van der Waals surface area contributed by atoms with Crippen molar-refractivity contribution in [2.45, 2.75) is 52.2 Å². The lowest BCUT2D eigenvalue weighted by molar-refractivity contribution is 0.0428. The maximum atomic E-state index is 5.99. The number of ether oxygens (including phenoxy) is 1. The topological polar surface area (TPSA) is 9.23 Å². The molecule has 0 aromatic heterocycles. The average Bonchev–Trinajstić information content (AvgIpc) is 2.70. The van der Waals surface area contributed by atoms with E-state index in [2.05, 4.69) is 39.0 Å². The molecule has 2 atom stereocenters. The molecule has 1 aliphatic heterocycles. The van der Waals surface area contributed by atoms with E-state index in [9.17, 15) is 0 Å². The van der Waals surface area contributed by atoms with Crippen molar-refractivity contribution in [3.63, 3.8) is 0 Å². The summed E-state index contributed by atoms with van der Waals surface area (Å²) >= 11 is 0. The van der Waals surface area contributed by atoms with Gasteiger partial charge in [0.15, 0.2) is 0 Å². The zero-order valence-electron chi connectivity index (χ0n) is 9.92. The minimum absolute atomic E-state index is 0.342. The first-order valence-corrected chi connectivity index (χ1v) is 5.93. The SMILES string of the molecule is CC[C@H]1CC[C@@H](c2ccc(C)c(C)c2)O1. The second-order valence-corrected chi connectivity index (χ2v) is 4.58. The van der Waals surface area contributed by atoms with Gasteiger partial charge in [-0.2, -0.15) is 0 Å². The third kappa shape index (κ3) is 2.23. The molecular formula is C14H20O. The van der Waals surface area contributed by atoms with E-state index in [0.717, 1.165) is 6.42 Å². The molecule has 15 heavy (non-hydrogen) atoms. The molecular weight excluding hydrogens is 184 g/mol. The van der Waals surface area contributed by atoms with Gasteiger partial charge in [-0.3, -0.25) is 0 Å². The molecule has 0 unspecified atom stereocenters. The van der Waals surface area contributed by atoms with E-state index in [1.165, 1.54) is 29.5 Å². The minimum atomic E-state index is 0.342. The Hall–Kier alpha value is -0.820. The fraction of sp³-hybridized carbons (Fsp3) is 0.571. The summed E-state index contributed by atoms with van der Waals surface area (Å²) in [6, 6.07) is 6.69. The van der Waals surface area contributed by atoms with E-state index < -0.39 is 0 Å². The summed E-state index contributed by atoms with van der Waals surface area (Å²) in [5, 5.41) is 0. The van der Waals surface area contributed by atoms with E-state index >= 15 is 0 Å². The highest BCUT2D eigenvalue weighted by Gasteiger charge is 2.25. The van der Waals surface area contributed by atoms with Crippen molar-refractivity contribution in [1.82, 2.24) is 0 Å². The lowest BCUT2D eigenvalue weighted by Crippen LogP contribution is -2.04. The van der Waals surface area contributed by atoms with Gasteiger partial charge in [-0.1, -0.05) is 25.1 Å². The number of hydrogen-bond acceptors (Lipinski definition) is 1. The summed E-state index contributed by atoms with van der Waals surface area (Å²) < 4.78 is 5.99. The average molecular weight is 204 g/mol. The Morgan fingerprint density at radius 1 is 1.20 bits per heavy atom. The van der Waals surface area contributed by atoms with Crippen molar-refractivity contribution in [3.05, 3.63) is 34.9 Å². The van der Waals surface area contributed by atoms with Crippen LogP contribution in [0.5, 0.6) is 0 Å². The number of aryl methyl sites for hydroxylation is 2. The van der Waals surface area contributed by atoms with E-state index in [1.54, 1.807) is 0 Å². The normalized spacial score (nSPS) is 25.8. The van der Waals surface area contributed by atoms with Gasteiger partial charge < -0.3 is 4.74 Å². The summed E-state index contributed by atoms with van der Waals surface area (Å²) in [5.41, 5.74) is 4.09. The maximum Gasteiger partial charge on any atom is 0.0829 e. The summed E-state index contributed by atoms with van der Waals surface area (Å²) in [7, 11) is 0. The predicted octanol–water partition coefficient (Wildman–Crippen LogP) is 3.93. The molecule has 0 spiro atoms. The summed E-state index contributed by atoms with van der Waals surface area (Å²) in [4.78, 5) is 0. The highest BCUT2D eigenvalue weighted by molar-refractivity contribution is 5.31. The lowest BCUT2D eigenvalue weighted by atomic mass is 10.0. The molecule has 2 rings (SSSR count). The van der Waals surface area contributed by atoms with E-state index in [0.29, 0.717) is 12.2 Å². The van der Waals surface area contributed by atoms with E-state index in [1.807, 2.05) is 0 Å². The predicted molar refractivity (Wildman–Crippen MR) is 63.1 cm³/mol. The van der Waals surface area contributed by atoms with Crippen LogP contribution >= 0.6 is 0 Å². The molecule has 1 aliphatic rings. The first-order chi connectivity index (χ1) is 7.20. The summed E-state index contributed by atoms with van der Waals surface area (Å²) in [6.45, 7) is 6.53. The van der Waals surface area contributed by atoms with Gasteiger partial charge >= 0.3 is 0 Å². The molecule has 0 amide bonds. The van der Waals surface area contributed by atoms with Crippen molar-refractivity contribution < 1.29 is 4.74 Å². The minimum Gasteiger partial charge on any atom is -0.370 e. The Kier molecular flexibility index (Phi) is 3.11. The molecule has 1 fully saturated rings. The van der Waals surface area contributed by atoms with Crippen LogP contribution in [0.1, 0.15) is 49.0 Å². The standard InChI is InChI=1S/C14H20O/c1-4-13-7-8-14(15-13)12-6-5-10(2)11(3)9-12/h5-6,9,13-14H,4,7-8H2,1-3H3/t13-,14-/m0/s1. The fourth-order valence-electron chi connectivity index (χ4n) is 2.22. The summed E-state index contributed by atoms with van der Waals surface area (Å²) in [6.07, 6.45) is 4.36. The molecule has 1 aromatic carbocycles. The van der Waals surface area contributed by atoms with E-state index in [-0.39, 0.29) is 0 Å². The molecule has 0 saturated carbocycles. The van der Waals surface area contributed by atoms with Crippen LogP contribution in [0.15, 0.2) is 18.2 Å². The third-order valence-corrected chi connectivity index (χ3v) is 3.47. The largest absolute Gasteiger partial charge is 0.370 e. The molecule has 0 bridgehead atoms. The quantitative estimate of drug-likeness (QED) is 0.709. The molecule has 1 aromatic rings. The Bertz CT molecular complexity index is 343. The molecule has 1 heterocycles. The van der Waals surface area contributed by atoms with Crippen LogP contribution in [0.4, 0.5) is 0 Å². The van der Waals surface area contributed by atoms with Crippen LogP contribution in [0.25, 0.3) is 0 Å². The monoisotopic (exact) mass is 204 g/mol. The van der Waals surface area contributed by atoms with Gasteiger partial charge in [0, 0.05) is 0 Å². The zero-order chi connectivity index (χ0) is 10.8. The van der Waals surface area contributed by atoms with Gasteiger partial charge in [-0.15, -0.1) is 0 Å². The second kappa shape index (κ2) is 4.36. The number of benzene rings is 1. The van der Waals surface area contributed by atoms with Crippen molar-refractivity contribution >= 4 is 0 Å². The van der Waals surface area contributed by atoms with Crippen molar-refractivity contribution in [3.8, 4) is 0 Å². The van der Waals surface area contributed by atoms with Gasteiger partial charge in [-0.25, -0.2) is 0 Å². The maximum absolute atomic E-state index is 5.99. The molecule has 0 N–H and O–H groups in total. The lowest BCUT2D eigenvalue weighted by Gasteiger charge is -2.14. The molecule has 82 valence electrons. The Labute approximate surface area is 92.5 Å². The number of hydrogen-bond donors (Lipinski definition) is 0. The van der Waals surface area contributed by atoms with Crippen molar-refractivity contribution in [2.24, 2.45) is 0 Å². The van der Waals surface area contributed by atoms with Crippen molar-refractivity contribution in [1.29, 1.82) is 0 Å². The van der Waals surface area contributed by atoms with Crippen LogP contribution in [-0.4, -0.2) is 6.10 Å². The van der Waals surface area contributed by atoms with Crippen LogP contribution in [0, 0.1) is 13.8 Å². The van der Waals surface area contributed by atoms with E-state index in [4.69, 9.17) is 4.74 Å². The van der Waals surface area contributed by atoms with Crippen LogP contribution in [-0.2, 0) is 4.74 Å². The van der Waals surface area contributed by atoms with Crippen LogP contribution in [0.3, 0.4) is 0 Å². The highest BCUT2D eigenvalue weighted by Crippen LogP contribution is 2.34.